The largest absolute Gasteiger partial charge is 0.508 e. The summed E-state index contributed by atoms with van der Waals surface area (Å²) in [5.41, 5.74) is 8.46. The lowest BCUT2D eigenvalue weighted by atomic mass is 10.0. The molecule has 0 bridgehead atoms. The van der Waals surface area contributed by atoms with Gasteiger partial charge in [-0.3, -0.25) is 10.2 Å². The van der Waals surface area contributed by atoms with Gasteiger partial charge in [0.15, 0.2) is 0 Å². The number of para-hydroxylation sites is 2. The molecule has 0 aliphatic carbocycles. The molecule has 4 aromatic rings. The van der Waals surface area contributed by atoms with E-state index < -0.39 is 0 Å². The number of benzene rings is 2. The van der Waals surface area contributed by atoms with Crippen LogP contribution >= 0.6 is 0 Å². The van der Waals surface area contributed by atoms with Crippen molar-refractivity contribution in [2.45, 2.75) is 20.0 Å². The minimum atomic E-state index is -0.194. The number of phenolic OH excluding ortho intramolecular Hbond substituents is 1. The van der Waals surface area contributed by atoms with Crippen LogP contribution in [0.5, 0.6) is 5.75 Å². The monoisotopic (exact) mass is 415 g/mol. The van der Waals surface area contributed by atoms with Gasteiger partial charge in [0.05, 0.1) is 28.9 Å². The van der Waals surface area contributed by atoms with Gasteiger partial charge in [-0.05, 0) is 31.2 Å². The van der Waals surface area contributed by atoms with Crippen molar-refractivity contribution in [2.24, 2.45) is 0 Å². The van der Waals surface area contributed by atoms with E-state index in [9.17, 15) is 9.90 Å². The third kappa shape index (κ3) is 3.80. The van der Waals surface area contributed by atoms with E-state index in [-0.39, 0.29) is 34.9 Å². The molecule has 9 nitrogen and oxygen atoms in total. The van der Waals surface area contributed by atoms with Crippen molar-refractivity contribution in [1.29, 1.82) is 5.41 Å². The normalized spacial score (nSPS) is 10.9. The molecule has 0 amide bonds. The summed E-state index contributed by atoms with van der Waals surface area (Å²) >= 11 is 0. The van der Waals surface area contributed by atoms with E-state index in [0.29, 0.717) is 23.6 Å². The molecule has 9 heteroatoms. The van der Waals surface area contributed by atoms with Gasteiger partial charge in [-0.15, -0.1) is 0 Å². The van der Waals surface area contributed by atoms with E-state index in [0.717, 1.165) is 11.0 Å². The van der Waals surface area contributed by atoms with Crippen LogP contribution in [0, 0.1) is 5.41 Å². The highest BCUT2D eigenvalue weighted by molar-refractivity contribution is 6.16. The summed E-state index contributed by atoms with van der Waals surface area (Å²) in [6, 6.07) is 13.8. The van der Waals surface area contributed by atoms with Crippen LogP contribution in [-0.4, -0.2) is 30.3 Å². The van der Waals surface area contributed by atoms with Crippen LogP contribution in [0.1, 0.15) is 23.7 Å². The first-order valence-electron chi connectivity index (χ1n) is 9.70. The molecule has 0 aliphatic heterocycles. The molecule has 2 aromatic carbocycles. The van der Waals surface area contributed by atoms with Crippen molar-refractivity contribution >= 4 is 28.4 Å². The predicted octanol–water partition coefficient (Wildman–Crippen LogP) is 2.52. The first kappa shape index (κ1) is 20.0. The summed E-state index contributed by atoms with van der Waals surface area (Å²) in [5.74, 6) is 0.453. The standard InChI is InChI=1S/C22H21N7O2/c1-2-29-17-9-4-3-8-15(17)28-16(22(29)31)11-25-21-18(20(24)26-12-27-21)19(23)13-6-5-7-14(30)10-13/h3-10,12,23,30H,2,11H2,1H3,(H3,24,25,26,27). The second kappa shape index (κ2) is 8.23. The molecule has 0 saturated heterocycles. The molecule has 0 unspecified atom stereocenters. The molecule has 5 N–H and O–H groups in total. The molecule has 0 atom stereocenters. The first-order chi connectivity index (χ1) is 15.0. The van der Waals surface area contributed by atoms with Crippen molar-refractivity contribution in [2.75, 3.05) is 11.1 Å². The summed E-state index contributed by atoms with van der Waals surface area (Å²) in [4.78, 5) is 25.6. The van der Waals surface area contributed by atoms with Gasteiger partial charge < -0.3 is 20.7 Å². The number of nitrogens with zero attached hydrogens (tertiary/aromatic N) is 4. The van der Waals surface area contributed by atoms with E-state index in [2.05, 4.69) is 20.3 Å². The summed E-state index contributed by atoms with van der Waals surface area (Å²) < 4.78 is 1.67. The van der Waals surface area contributed by atoms with Crippen molar-refractivity contribution in [3.8, 4) is 5.75 Å². The fraction of sp³-hybridized carbons (Fsp3) is 0.136. The zero-order chi connectivity index (χ0) is 22.0. The summed E-state index contributed by atoms with van der Waals surface area (Å²) in [6.07, 6.45) is 1.29. The number of rotatable bonds is 6. The Morgan fingerprint density at radius 3 is 2.77 bits per heavy atom. The molecule has 0 spiro atoms. The number of hydrogen-bond acceptors (Lipinski definition) is 8. The fourth-order valence-corrected chi connectivity index (χ4v) is 3.43. The highest BCUT2D eigenvalue weighted by Gasteiger charge is 2.18. The van der Waals surface area contributed by atoms with Crippen LogP contribution in [0.2, 0.25) is 0 Å². The zero-order valence-electron chi connectivity index (χ0n) is 16.8. The summed E-state index contributed by atoms with van der Waals surface area (Å²) in [6.45, 7) is 2.52. The van der Waals surface area contributed by atoms with Crippen molar-refractivity contribution in [3.05, 3.63) is 82.0 Å². The molecule has 0 radical (unpaired) electrons. The number of hydrogen-bond donors (Lipinski definition) is 4. The number of nitrogens with two attached hydrogens (primary N) is 1. The maximum atomic E-state index is 12.9. The second-order valence-electron chi connectivity index (χ2n) is 6.86. The minimum Gasteiger partial charge on any atom is -0.508 e. The average molecular weight is 415 g/mol. The Labute approximate surface area is 177 Å². The van der Waals surface area contributed by atoms with Crippen LogP contribution in [0.25, 0.3) is 11.0 Å². The minimum absolute atomic E-state index is 0.0349. The third-order valence-electron chi connectivity index (χ3n) is 4.92. The molecule has 2 aromatic heterocycles. The van der Waals surface area contributed by atoms with Crippen molar-refractivity contribution in [1.82, 2.24) is 19.5 Å². The quantitative estimate of drug-likeness (QED) is 0.354. The molecule has 31 heavy (non-hydrogen) atoms. The lowest BCUT2D eigenvalue weighted by Crippen LogP contribution is -2.27. The van der Waals surface area contributed by atoms with Crippen molar-refractivity contribution in [3.63, 3.8) is 0 Å². The number of aromatic nitrogens is 4. The molecule has 0 saturated carbocycles. The SMILES string of the molecule is CCn1c(=O)c(CNc2ncnc(N)c2C(=N)c2cccc(O)c2)nc2ccccc21. The summed E-state index contributed by atoms with van der Waals surface area (Å²) in [5, 5.41) is 21.4. The Kier molecular flexibility index (Phi) is 5.31. The molecule has 2 heterocycles. The van der Waals surface area contributed by atoms with E-state index in [1.807, 2.05) is 31.2 Å². The second-order valence-corrected chi connectivity index (χ2v) is 6.86. The number of nitrogens with one attached hydrogen (secondary N) is 2. The van der Waals surface area contributed by atoms with E-state index >= 15 is 0 Å². The Morgan fingerprint density at radius 1 is 1.19 bits per heavy atom. The molecule has 0 aliphatic rings. The first-order valence-corrected chi connectivity index (χ1v) is 9.70. The van der Waals surface area contributed by atoms with Crippen LogP contribution in [0.3, 0.4) is 0 Å². The zero-order valence-corrected chi connectivity index (χ0v) is 16.8. The predicted molar refractivity (Wildman–Crippen MR) is 119 cm³/mol. The Balaban J connectivity index is 1.70. The van der Waals surface area contributed by atoms with Crippen LogP contribution < -0.4 is 16.6 Å². The maximum Gasteiger partial charge on any atom is 0.274 e. The van der Waals surface area contributed by atoms with E-state index in [4.69, 9.17) is 11.1 Å². The lowest BCUT2D eigenvalue weighted by Gasteiger charge is -2.14. The van der Waals surface area contributed by atoms with E-state index in [1.54, 1.807) is 16.7 Å². The highest BCUT2D eigenvalue weighted by Crippen LogP contribution is 2.23. The van der Waals surface area contributed by atoms with E-state index in [1.165, 1.54) is 18.5 Å². The van der Waals surface area contributed by atoms with Crippen LogP contribution in [-0.2, 0) is 13.1 Å². The summed E-state index contributed by atoms with van der Waals surface area (Å²) in [7, 11) is 0. The van der Waals surface area contributed by atoms with Gasteiger partial charge in [0.1, 0.15) is 29.4 Å². The number of aryl methyl sites for hydroxylation is 1. The Bertz CT molecular complexity index is 1350. The molecular formula is C22H21N7O2. The Hall–Kier alpha value is -4.27. The average Bonchev–Trinajstić information content (AvgIpc) is 2.77. The number of phenols is 1. The molecular weight excluding hydrogens is 394 g/mol. The Morgan fingerprint density at radius 2 is 2.00 bits per heavy atom. The van der Waals surface area contributed by atoms with Crippen molar-refractivity contribution < 1.29 is 5.11 Å². The number of aromatic hydroxyl groups is 1. The highest BCUT2D eigenvalue weighted by atomic mass is 16.3. The van der Waals surface area contributed by atoms with Crippen LogP contribution in [0.15, 0.2) is 59.7 Å². The topological polar surface area (TPSA) is 143 Å². The van der Waals surface area contributed by atoms with Gasteiger partial charge in [0.2, 0.25) is 0 Å². The number of fused-ring (bicyclic) bond motifs is 1. The molecule has 4 rings (SSSR count). The third-order valence-corrected chi connectivity index (χ3v) is 4.92. The molecule has 156 valence electrons. The van der Waals surface area contributed by atoms with Gasteiger partial charge in [-0.25, -0.2) is 15.0 Å². The smallest absolute Gasteiger partial charge is 0.274 e. The van der Waals surface area contributed by atoms with Crippen LogP contribution in [0.4, 0.5) is 11.6 Å². The fourth-order valence-electron chi connectivity index (χ4n) is 3.43. The van der Waals surface area contributed by atoms with Gasteiger partial charge in [-0.2, -0.15) is 0 Å². The number of anilines is 2. The van der Waals surface area contributed by atoms with Gasteiger partial charge >= 0.3 is 0 Å². The van der Waals surface area contributed by atoms with Gasteiger partial charge in [-0.1, -0.05) is 24.3 Å². The van der Waals surface area contributed by atoms with Gasteiger partial charge in [0.25, 0.3) is 5.56 Å². The van der Waals surface area contributed by atoms with Gasteiger partial charge in [0, 0.05) is 12.1 Å². The number of nitrogen functional groups attached to an aromatic ring is 1. The lowest BCUT2D eigenvalue weighted by molar-refractivity contribution is 0.475. The maximum absolute atomic E-state index is 12.9. The molecule has 0 fully saturated rings.